The Morgan fingerprint density at radius 1 is 0.920 bits per heavy atom. The zero-order valence-electron chi connectivity index (χ0n) is 13.7. The molecule has 0 saturated carbocycles. The predicted molar refractivity (Wildman–Crippen MR) is 98.9 cm³/mol. The third-order valence-corrected chi connectivity index (χ3v) is 4.07. The quantitative estimate of drug-likeness (QED) is 0.527. The van der Waals surface area contributed by atoms with Gasteiger partial charge in [0, 0.05) is 11.6 Å². The number of pyridine rings is 1. The fraction of sp³-hybridized carbons (Fsp3) is 0.0476. The minimum atomic E-state index is -0.232. The summed E-state index contributed by atoms with van der Waals surface area (Å²) in [7, 11) is 0. The second-order valence-corrected chi connectivity index (χ2v) is 5.86. The summed E-state index contributed by atoms with van der Waals surface area (Å²) in [6.45, 7) is 1.98. The Labute approximate surface area is 145 Å². The van der Waals surface area contributed by atoms with Gasteiger partial charge in [0.05, 0.1) is 11.4 Å². The molecule has 0 aliphatic carbocycles. The molecule has 2 aromatic heterocycles. The van der Waals surface area contributed by atoms with Crippen molar-refractivity contribution in [3.05, 3.63) is 89.5 Å². The smallest absolute Gasteiger partial charge is 0.163 e. The van der Waals surface area contributed by atoms with Crippen LogP contribution in [0.5, 0.6) is 0 Å². The first-order chi connectivity index (χ1) is 12.2. The monoisotopic (exact) mass is 329 g/mol. The number of benzene rings is 2. The maximum absolute atomic E-state index is 13.0. The summed E-state index contributed by atoms with van der Waals surface area (Å²) in [6, 6.07) is 18.4. The lowest BCUT2D eigenvalue weighted by Crippen LogP contribution is -1.97. The average molecular weight is 329 g/mol. The van der Waals surface area contributed by atoms with Gasteiger partial charge in [-0.05, 0) is 48.4 Å². The van der Waals surface area contributed by atoms with E-state index in [1.807, 2.05) is 60.3 Å². The lowest BCUT2D eigenvalue weighted by molar-refractivity contribution is 0.628. The third-order valence-electron chi connectivity index (χ3n) is 4.07. The van der Waals surface area contributed by atoms with Gasteiger partial charge in [-0.25, -0.2) is 14.1 Å². The summed E-state index contributed by atoms with van der Waals surface area (Å²) in [4.78, 5) is 4.59. The van der Waals surface area contributed by atoms with Crippen molar-refractivity contribution >= 4 is 23.2 Å². The topological polar surface area (TPSA) is 30.7 Å². The van der Waals surface area contributed by atoms with Crippen LogP contribution < -0.4 is 0 Å². The highest BCUT2D eigenvalue weighted by molar-refractivity contribution is 5.83. The highest BCUT2D eigenvalue weighted by Crippen LogP contribution is 2.22. The largest absolute Gasteiger partial charge is 0.236 e. The van der Waals surface area contributed by atoms with Gasteiger partial charge in [0.15, 0.2) is 5.65 Å². The van der Waals surface area contributed by atoms with E-state index >= 15 is 0 Å². The van der Waals surface area contributed by atoms with E-state index in [1.165, 1.54) is 12.1 Å². The van der Waals surface area contributed by atoms with Crippen molar-refractivity contribution in [1.29, 1.82) is 0 Å². The van der Waals surface area contributed by atoms with Gasteiger partial charge in [0.1, 0.15) is 5.82 Å². The van der Waals surface area contributed by atoms with Crippen molar-refractivity contribution in [3.8, 4) is 5.69 Å². The normalized spacial score (nSPS) is 11.4. The van der Waals surface area contributed by atoms with Crippen molar-refractivity contribution in [2.45, 2.75) is 6.92 Å². The van der Waals surface area contributed by atoms with Gasteiger partial charge in [-0.15, -0.1) is 0 Å². The second-order valence-electron chi connectivity index (χ2n) is 5.86. The summed E-state index contributed by atoms with van der Waals surface area (Å²) in [5.74, 6) is -0.232. The van der Waals surface area contributed by atoms with Crippen LogP contribution in [0.25, 0.3) is 28.9 Å². The Morgan fingerprint density at radius 2 is 1.64 bits per heavy atom. The van der Waals surface area contributed by atoms with E-state index in [0.717, 1.165) is 33.5 Å². The van der Waals surface area contributed by atoms with E-state index in [9.17, 15) is 4.39 Å². The molecule has 0 fully saturated rings. The fourth-order valence-electron chi connectivity index (χ4n) is 2.77. The summed E-state index contributed by atoms with van der Waals surface area (Å²) in [5, 5.41) is 5.64. The van der Waals surface area contributed by atoms with E-state index in [2.05, 4.69) is 16.1 Å². The van der Waals surface area contributed by atoms with E-state index < -0.39 is 0 Å². The minimum Gasteiger partial charge on any atom is -0.236 e. The molecule has 0 bridgehead atoms. The molecule has 2 heterocycles. The van der Waals surface area contributed by atoms with Crippen molar-refractivity contribution in [3.63, 3.8) is 0 Å². The number of halogens is 1. The van der Waals surface area contributed by atoms with Gasteiger partial charge in [-0.3, -0.25) is 0 Å². The molecule has 0 amide bonds. The van der Waals surface area contributed by atoms with Crippen molar-refractivity contribution < 1.29 is 4.39 Å². The first kappa shape index (κ1) is 15.3. The molecule has 0 saturated heterocycles. The number of nitrogens with zero attached hydrogens (tertiary/aromatic N) is 3. The van der Waals surface area contributed by atoms with Gasteiger partial charge < -0.3 is 0 Å². The number of aryl methyl sites for hydroxylation is 1. The summed E-state index contributed by atoms with van der Waals surface area (Å²) in [5.41, 5.74) is 4.68. The molecule has 0 unspecified atom stereocenters. The van der Waals surface area contributed by atoms with Crippen LogP contribution in [-0.4, -0.2) is 14.8 Å². The summed E-state index contributed by atoms with van der Waals surface area (Å²) >= 11 is 0. The molecule has 2 aromatic carbocycles. The number of aromatic nitrogens is 3. The molecule has 3 nitrogen and oxygen atoms in total. The lowest BCUT2D eigenvalue weighted by Gasteiger charge is -2.02. The first-order valence-electron chi connectivity index (χ1n) is 8.05. The van der Waals surface area contributed by atoms with E-state index in [1.54, 1.807) is 12.1 Å². The molecule has 0 aliphatic heterocycles. The Bertz CT molecular complexity index is 1050. The van der Waals surface area contributed by atoms with Gasteiger partial charge in [0.2, 0.25) is 0 Å². The average Bonchev–Trinajstić information content (AvgIpc) is 2.98. The van der Waals surface area contributed by atoms with Crippen LogP contribution in [0.15, 0.2) is 66.9 Å². The number of para-hydroxylation sites is 1. The summed E-state index contributed by atoms with van der Waals surface area (Å²) in [6.07, 6.45) is 5.74. The van der Waals surface area contributed by atoms with Crippen LogP contribution in [-0.2, 0) is 0 Å². The maximum atomic E-state index is 13.0. The van der Waals surface area contributed by atoms with Crippen molar-refractivity contribution in [2.75, 3.05) is 0 Å². The highest BCUT2D eigenvalue weighted by atomic mass is 19.1. The van der Waals surface area contributed by atoms with Gasteiger partial charge in [-0.2, -0.15) is 5.10 Å². The zero-order chi connectivity index (χ0) is 17.2. The van der Waals surface area contributed by atoms with Crippen LogP contribution in [0.2, 0.25) is 0 Å². The molecule has 0 spiro atoms. The molecule has 0 atom stereocenters. The Hall–Kier alpha value is -3.27. The maximum Gasteiger partial charge on any atom is 0.163 e. The lowest BCUT2D eigenvalue weighted by atomic mass is 10.1. The molecule has 4 aromatic rings. The van der Waals surface area contributed by atoms with Gasteiger partial charge in [-0.1, -0.05) is 42.5 Å². The Morgan fingerprint density at radius 3 is 2.40 bits per heavy atom. The molecule has 0 N–H and O–H groups in total. The molecule has 4 rings (SSSR count). The Balaban J connectivity index is 1.71. The molecule has 122 valence electrons. The molecule has 4 heteroatoms. The molecule has 0 aliphatic rings. The highest BCUT2D eigenvalue weighted by Gasteiger charge is 2.10. The molecule has 25 heavy (non-hydrogen) atoms. The van der Waals surface area contributed by atoms with E-state index in [4.69, 9.17) is 0 Å². The second kappa shape index (κ2) is 6.32. The third kappa shape index (κ3) is 3.06. The first-order valence-corrected chi connectivity index (χ1v) is 8.05. The Kier molecular flexibility index (Phi) is 3.86. The fourth-order valence-corrected chi connectivity index (χ4v) is 2.77. The minimum absolute atomic E-state index is 0.232. The van der Waals surface area contributed by atoms with Crippen molar-refractivity contribution in [2.24, 2.45) is 0 Å². The molecular formula is C21H16FN3. The van der Waals surface area contributed by atoms with Crippen LogP contribution >= 0.6 is 0 Å². The molecule has 0 radical (unpaired) electrons. The van der Waals surface area contributed by atoms with Crippen LogP contribution in [0.1, 0.15) is 16.8 Å². The number of rotatable bonds is 3. The van der Waals surface area contributed by atoms with E-state index in [-0.39, 0.29) is 5.82 Å². The van der Waals surface area contributed by atoms with Crippen LogP contribution in [0.3, 0.4) is 0 Å². The number of hydrogen-bond acceptors (Lipinski definition) is 2. The van der Waals surface area contributed by atoms with E-state index in [0.29, 0.717) is 0 Å². The van der Waals surface area contributed by atoms with Gasteiger partial charge in [0.25, 0.3) is 0 Å². The van der Waals surface area contributed by atoms with Crippen molar-refractivity contribution in [1.82, 2.24) is 14.8 Å². The zero-order valence-corrected chi connectivity index (χ0v) is 13.7. The van der Waals surface area contributed by atoms with Crippen LogP contribution in [0, 0.1) is 12.7 Å². The number of hydrogen-bond donors (Lipinski definition) is 0. The number of fused-ring (bicyclic) bond motifs is 1. The SMILES string of the molecule is Cc1nn(-c2ccccc2)c2ncc(/C=C/c3ccc(F)cc3)cc12. The molecular weight excluding hydrogens is 313 g/mol. The van der Waals surface area contributed by atoms with Crippen LogP contribution in [0.4, 0.5) is 4.39 Å². The predicted octanol–water partition coefficient (Wildman–Crippen LogP) is 5.04. The summed E-state index contributed by atoms with van der Waals surface area (Å²) < 4.78 is 14.8. The standard InChI is InChI=1S/C21H16FN3/c1-15-20-13-17(8-7-16-9-11-18(22)12-10-16)14-23-21(20)25(24-15)19-5-3-2-4-6-19/h2-14H,1H3/b8-7+. The van der Waals surface area contributed by atoms with Gasteiger partial charge >= 0.3 is 0 Å².